The van der Waals surface area contributed by atoms with E-state index < -0.39 is 0 Å². The summed E-state index contributed by atoms with van der Waals surface area (Å²) in [6.45, 7) is 4.77. The van der Waals surface area contributed by atoms with Gasteiger partial charge in [0, 0.05) is 18.9 Å². The fourth-order valence-electron chi connectivity index (χ4n) is 3.27. The van der Waals surface area contributed by atoms with Crippen LogP contribution in [0.2, 0.25) is 0 Å². The van der Waals surface area contributed by atoms with Crippen LogP contribution < -0.4 is 10.1 Å². The summed E-state index contributed by atoms with van der Waals surface area (Å²) in [5.74, 6) is 2.45. The molecule has 0 spiro atoms. The summed E-state index contributed by atoms with van der Waals surface area (Å²) in [6.07, 6.45) is 7.69. The molecule has 1 aliphatic carbocycles. The van der Waals surface area contributed by atoms with E-state index in [9.17, 15) is 0 Å². The van der Waals surface area contributed by atoms with Crippen LogP contribution in [0.4, 0.5) is 0 Å². The first-order valence-corrected chi connectivity index (χ1v) is 8.83. The van der Waals surface area contributed by atoms with Crippen molar-refractivity contribution >= 4 is 12.4 Å². The number of furan rings is 1. The molecular weight excluding hydrogens is 322 g/mol. The predicted octanol–water partition coefficient (Wildman–Crippen LogP) is 4.43. The highest BCUT2D eigenvalue weighted by Gasteiger charge is 2.14. The number of fused-ring (bicyclic) bond motifs is 1. The minimum atomic E-state index is 0. The summed E-state index contributed by atoms with van der Waals surface area (Å²) in [5, 5.41) is 3.43. The van der Waals surface area contributed by atoms with E-state index in [1.54, 1.807) is 6.26 Å². The maximum absolute atomic E-state index is 6.10. The van der Waals surface area contributed by atoms with Crippen molar-refractivity contribution in [1.82, 2.24) is 5.32 Å². The smallest absolute Gasteiger partial charge is 0.119 e. The van der Waals surface area contributed by atoms with Gasteiger partial charge in [-0.1, -0.05) is 13.0 Å². The van der Waals surface area contributed by atoms with Gasteiger partial charge in [-0.05, 0) is 67.6 Å². The van der Waals surface area contributed by atoms with Gasteiger partial charge < -0.3 is 14.5 Å². The summed E-state index contributed by atoms with van der Waals surface area (Å²) >= 11 is 0. The van der Waals surface area contributed by atoms with Gasteiger partial charge >= 0.3 is 0 Å². The number of hydrogen-bond donors (Lipinski definition) is 1. The fourth-order valence-corrected chi connectivity index (χ4v) is 3.27. The molecule has 24 heavy (non-hydrogen) atoms. The number of rotatable bonds is 8. The first-order chi connectivity index (χ1) is 11.3. The average molecular weight is 350 g/mol. The molecule has 0 amide bonds. The molecule has 3 rings (SSSR count). The molecule has 1 aromatic heterocycles. The van der Waals surface area contributed by atoms with E-state index in [2.05, 4.69) is 30.4 Å². The van der Waals surface area contributed by atoms with E-state index in [1.165, 1.54) is 36.8 Å². The van der Waals surface area contributed by atoms with Crippen molar-refractivity contribution in [2.24, 2.45) is 5.92 Å². The van der Waals surface area contributed by atoms with Crippen molar-refractivity contribution in [1.29, 1.82) is 0 Å². The number of aryl methyl sites for hydroxylation is 2. The zero-order chi connectivity index (χ0) is 15.9. The number of ether oxygens (including phenoxy) is 1. The molecule has 1 aromatic carbocycles. The first kappa shape index (κ1) is 18.9. The Labute approximate surface area is 151 Å². The van der Waals surface area contributed by atoms with E-state index in [-0.39, 0.29) is 12.4 Å². The fraction of sp³-hybridized carbons (Fsp3) is 0.500. The summed E-state index contributed by atoms with van der Waals surface area (Å²) < 4.78 is 11.6. The van der Waals surface area contributed by atoms with E-state index in [4.69, 9.17) is 9.15 Å². The Morgan fingerprint density at radius 3 is 2.75 bits per heavy atom. The largest absolute Gasteiger partial charge is 0.493 e. The molecule has 0 radical (unpaired) electrons. The highest BCUT2D eigenvalue weighted by atomic mass is 35.5. The van der Waals surface area contributed by atoms with Gasteiger partial charge in [0.1, 0.15) is 11.5 Å². The molecule has 0 fully saturated rings. The molecule has 1 aliphatic rings. The highest BCUT2D eigenvalue weighted by Crippen LogP contribution is 2.25. The van der Waals surface area contributed by atoms with Crippen LogP contribution in [0.25, 0.3) is 0 Å². The summed E-state index contributed by atoms with van der Waals surface area (Å²) in [5.41, 5.74) is 2.98. The van der Waals surface area contributed by atoms with Crippen molar-refractivity contribution < 1.29 is 9.15 Å². The third kappa shape index (κ3) is 5.29. The van der Waals surface area contributed by atoms with Crippen molar-refractivity contribution in [3.63, 3.8) is 0 Å². The minimum Gasteiger partial charge on any atom is -0.493 e. The van der Waals surface area contributed by atoms with E-state index in [1.807, 2.05) is 12.1 Å². The molecule has 1 atom stereocenters. The number of hydrogen-bond acceptors (Lipinski definition) is 3. The SMILES string of the molecule is CCNCC(COc1ccc2c(c1)CCCC2)Cc1ccco1.Cl. The molecule has 3 nitrogen and oxygen atoms in total. The molecule has 0 saturated carbocycles. The normalized spacial score (nSPS) is 14.5. The second-order valence-corrected chi connectivity index (χ2v) is 6.41. The third-order valence-electron chi connectivity index (χ3n) is 4.56. The van der Waals surface area contributed by atoms with Gasteiger partial charge in [-0.3, -0.25) is 0 Å². The van der Waals surface area contributed by atoms with Crippen LogP contribution in [0.3, 0.4) is 0 Å². The van der Waals surface area contributed by atoms with Crippen molar-refractivity contribution in [3.8, 4) is 5.75 Å². The van der Waals surface area contributed by atoms with Gasteiger partial charge in [-0.2, -0.15) is 0 Å². The monoisotopic (exact) mass is 349 g/mol. The Morgan fingerprint density at radius 2 is 2.00 bits per heavy atom. The Bertz CT molecular complexity index is 598. The summed E-state index contributed by atoms with van der Waals surface area (Å²) in [7, 11) is 0. The Hall–Kier alpha value is -1.45. The maximum Gasteiger partial charge on any atom is 0.119 e. The Kier molecular flexibility index (Phi) is 7.67. The third-order valence-corrected chi connectivity index (χ3v) is 4.56. The van der Waals surface area contributed by atoms with Gasteiger partial charge in [0.05, 0.1) is 12.9 Å². The maximum atomic E-state index is 6.10. The van der Waals surface area contributed by atoms with Crippen LogP contribution in [0, 0.1) is 5.92 Å². The van der Waals surface area contributed by atoms with Gasteiger partial charge in [-0.25, -0.2) is 0 Å². The number of nitrogens with one attached hydrogen (secondary N) is 1. The van der Waals surface area contributed by atoms with E-state index in [0.717, 1.165) is 31.0 Å². The second kappa shape index (κ2) is 9.75. The zero-order valence-corrected chi connectivity index (χ0v) is 15.2. The van der Waals surface area contributed by atoms with Crippen LogP contribution in [-0.2, 0) is 19.3 Å². The van der Waals surface area contributed by atoms with Gasteiger partial charge in [0.25, 0.3) is 0 Å². The molecular formula is C20H28ClNO2. The molecule has 2 aromatic rings. The van der Waals surface area contributed by atoms with Gasteiger partial charge in [-0.15, -0.1) is 12.4 Å². The molecule has 132 valence electrons. The van der Waals surface area contributed by atoms with Crippen molar-refractivity contribution in [2.75, 3.05) is 19.7 Å². The Balaban J connectivity index is 0.00000208. The topological polar surface area (TPSA) is 34.4 Å². The Morgan fingerprint density at radius 1 is 1.17 bits per heavy atom. The molecule has 1 N–H and O–H groups in total. The van der Waals surface area contributed by atoms with E-state index in [0.29, 0.717) is 12.5 Å². The van der Waals surface area contributed by atoms with Gasteiger partial charge in [0.2, 0.25) is 0 Å². The van der Waals surface area contributed by atoms with Crippen LogP contribution in [0.15, 0.2) is 41.0 Å². The van der Waals surface area contributed by atoms with Crippen LogP contribution in [0.1, 0.15) is 36.7 Å². The standard InChI is InChI=1S/C20H27NO2.ClH/c1-2-21-14-16(12-19-8-5-11-22-19)15-23-20-10-9-17-6-3-4-7-18(17)13-20;/h5,8-11,13,16,21H,2-4,6-7,12,14-15H2,1H3;1H. The second-order valence-electron chi connectivity index (χ2n) is 6.41. The van der Waals surface area contributed by atoms with Crippen molar-refractivity contribution in [3.05, 3.63) is 53.5 Å². The molecule has 0 bridgehead atoms. The lowest BCUT2D eigenvalue weighted by molar-refractivity contribution is 0.237. The predicted molar refractivity (Wildman–Crippen MR) is 100 cm³/mol. The highest BCUT2D eigenvalue weighted by molar-refractivity contribution is 5.85. The molecule has 1 unspecified atom stereocenters. The van der Waals surface area contributed by atoms with Crippen LogP contribution in [0.5, 0.6) is 5.75 Å². The lowest BCUT2D eigenvalue weighted by Crippen LogP contribution is -2.28. The summed E-state index contributed by atoms with van der Waals surface area (Å²) in [6, 6.07) is 10.6. The van der Waals surface area contributed by atoms with Gasteiger partial charge in [0.15, 0.2) is 0 Å². The van der Waals surface area contributed by atoms with E-state index >= 15 is 0 Å². The quantitative estimate of drug-likeness (QED) is 0.765. The first-order valence-electron chi connectivity index (χ1n) is 8.83. The zero-order valence-electron chi connectivity index (χ0n) is 14.4. The van der Waals surface area contributed by atoms with Crippen molar-refractivity contribution in [2.45, 2.75) is 39.0 Å². The summed E-state index contributed by atoms with van der Waals surface area (Å²) in [4.78, 5) is 0. The molecule has 4 heteroatoms. The van der Waals surface area contributed by atoms with Crippen LogP contribution >= 0.6 is 12.4 Å². The van der Waals surface area contributed by atoms with Crippen LogP contribution in [-0.4, -0.2) is 19.7 Å². The average Bonchev–Trinajstić information content (AvgIpc) is 3.10. The lowest BCUT2D eigenvalue weighted by Gasteiger charge is -2.19. The number of halogens is 1. The molecule has 0 saturated heterocycles. The number of benzene rings is 1. The molecule has 0 aliphatic heterocycles. The molecule has 1 heterocycles. The lowest BCUT2D eigenvalue weighted by atomic mass is 9.92. The minimum absolute atomic E-state index is 0.